The lowest BCUT2D eigenvalue weighted by atomic mass is 9.83. The molecule has 20 heavy (non-hydrogen) atoms. The number of amides is 1. The molecule has 2 N–H and O–H groups in total. The first kappa shape index (κ1) is 15.2. The molecule has 1 amide bonds. The van der Waals surface area contributed by atoms with Crippen molar-refractivity contribution in [3.8, 4) is 0 Å². The quantitative estimate of drug-likeness (QED) is 0.878. The van der Waals surface area contributed by atoms with Gasteiger partial charge >= 0.3 is 0 Å². The molecule has 2 unspecified atom stereocenters. The van der Waals surface area contributed by atoms with Crippen molar-refractivity contribution >= 4 is 23.2 Å². The zero-order valence-corrected chi connectivity index (χ0v) is 13.0. The second-order valence-corrected chi connectivity index (χ2v) is 5.88. The molecule has 1 aliphatic carbocycles. The van der Waals surface area contributed by atoms with Gasteiger partial charge in [0.1, 0.15) is 0 Å². The molecular weight excluding hydrogens is 272 g/mol. The molecule has 1 aromatic rings. The Kier molecular flexibility index (Phi) is 5.30. The fourth-order valence-electron chi connectivity index (χ4n) is 3.02. The first-order valence-electron chi connectivity index (χ1n) is 7.44. The predicted molar refractivity (Wildman–Crippen MR) is 84.5 cm³/mol. The van der Waals surface area contributed by atoms with Crippen LogP contribution in [0.25, 0.3) is 0 Å². The first-order chi connectivity index (χ1) is 9.65. The van der Waals surface area contributed by atoms with Gasteiger partial charge in [-0.15, -0.1) is 0 Å². The SMILES string of the molecule is CCC1CCCCC1Nc1ccc(Cl)c(C(=O)NC)c1. The van der Waals surface area contributed by atoms with Crippen LogP contribution < -0.4 is 10.6 Å². The average Bonchev–Trinajstić information content (AvgIpc) is 2.49. The summed E-state index contributed by atoms with van der Waals surface area (Å²) in [5, 5.41) is 6.70. The van der Waals surface area contributed by atoms with Crippen molar-refractivity contribution in [2.24, 2.45) is 5.92 Å². The highest BCUT2D eigenvalue weighted by atomic mass is 35.5. The molecule has 110 valence electrons. The van der Waals surface area contributed by atoms with E-state index in [1.54, 1.807) is 13.1 Å². The van der Waals surface area contributed by atoms with E-state index >= 15 is 0 Å². The van der Waals surface area contributed by atoms with Gasteiger partial charge in [0.2, 0.25) is 0 Å². The van der Waals surface area contributed by atoms with Gasteiger partial charge < -0.3 is 10.6 Å². The van der Waals surface area contributed by atoms with Gasteiger partial charge in [-0.25, -0.2) is 0 Å². The molecule has 1 aliphatic rings. The second kappa shape index (κ2) is 6.98. The number of carbonyl (C=O) groups excluding carboxylic acids is 1. The van der Waals surface area contributed by atoms with Gasteiger partial charge in [-0.05, 0) is 37.0 Å². The van der Waals surface area contributed by atoms with Crippen LogP contribution in [0.5, 0.6) is 0 Å². The van der Waals surface area contributed by atoms with Gasteiger partial charge in [0.25, 0.3) is 5.91 Å². The molecule has 0 radical (unpaired) electrons. The van der Waals surface area contributed by atoms with Gasteiger partial charge in [0.15, 0.2) is 0 Å². The summed E-state index contributed by atoms with van der Waals surface area (Å²) in [6.45, 7) is 2.25. The Balaban J connectivity index is 2.14. The van der Waals surface area contributed by atoms with Gasteiger partial charge in [0, 0.05) is 18.8 Å². The zero-order valence-electron chi connectivity index (χ0n) is 12.2. The van der Waals surface area contributed by atoms with Gasteiger partial charge in [-0.2, -0.15) is 0 Å². The van der Waals surface area contributed by atoms with E-state index in [1.807, 2.05) is 12.1 Å². The van der Waals surface area contributed by atoms with Crippen LogP contribution in [-0.4, -0.2) is 19.0 Å². The third-order valence-corrected chi connectivity index (χ3v) is 4.55. The summed E-state index contributed by atoms with van der Waals surface area (Å²) in [6, 6.07) is 6.10. The molecule has 0 bridgehead atoms. The Morgan fingerprint density at radius 3 is 2.80 bits per heavy atom. The minimum absolute atomic E-state index is 0.144. The molecule has 0 saturated heterocycles. The second-order valence-electron chi connectivity index (χ2n) is 5.48. The van der Waals surface area contributed by atoms with Gasteiger partial charge in [-0.1, -0.05) is 37.8 Å². The molecule has 2 rings (SSSR count). The average molecular weight is 295 g/mol. The Morgan fingerprint density at radius 2 is 2.10 bits per heavy atom. The number of rotatable bonds is 4. The van der Waals surface area contributed by atoms with Crippen molar-refractivity contribution in [3.63, 3.8) is 0 Å². The highest BCUT2D eigenvalue weighted by Gasteiger charge is 2.23. The molecule has 0 heterocycles. The van der Waals surface area contributed by atoms with Crippen molar-refractivity contribution < 1.29 is 4.79 Å². The van der Waals surface area contributed by atoms with Gasteiger partial charge in [0.05, 0.1) is 10.6 Å². The van der Waals surface area contributed by atoms with Crippen LogP contribution in [0.3, 0.4) is 0 Å². The molecule has 0 aromatic heterocycles. The minimum Gasteiger partial charge on any atom is -0.382 e. The Hall–Kier alpha value is -1.22. The van der Waals surface area contributed by atoms with Crippen LogP contribution in [0.15, 0.2) is 18.2 Å². The van der Waals surface area contributed by atoms with E-state index < -0.39 is 0 Å². The summed E-state index contributed by atoms with van der Waals surface area (Å²) >= 11 is 6.08. The topological polar surface area (TPSA) is 41.1 Å². The maximum atomic E-state index is 11.8. The molecule has 4 heteroatoms. The summed E-state index contributed by atoms with van der Waals surface area (Å²) in [5.74, 6) is 0.581. The Bertz CT molecular complexity index is 476. The van der Waals surface area contributed by atoms with Crippen LogP contribution in [0.2, 0.25) is 5.02 Å². The Morgan fingerprint density at radius 1 is 1.35 bits per heavy atom. The normalized spacial score (nSPS) is 22.4. The molecule has 1 fully saturated rings. The van der Waals surface area contributed by atoms with Crippen molar-refractivity contribution in [2.45, 2.75) is 45.1 Å². The largest absolute Gasteiger partial charge is 0.382 e. The lowest BCUT2D eigenvalue weighted by Gasteiger charge is -2.32. The smallest absolute Gasteiger partial charge is 0.252 e. The van der Waals surface area contributed by atoms with E-state index in [4.69, 9.17) is 11.6 Å². The molecular formula is C16H23ClN2O. The third-order valence-electron chi connectivity index (χ3n) is 4.22. The standard InChI is InChI=1S/C16H23ClN2O/c1-3-11-6-4-5-7-15(11)19-12-8-9-14(17)13(10-12)16(20)18-2/h8-11,15,19H,3-7H2,1-2H3,(H,18,20). The summed E-state index contributed by atoms with van der Waals surface area (Å²) in [6.07, 6.45) is 6.32. The lowest BCUT2D eigenvalue weighted by molar-refractivity contribution is 0.0963. The van der Waals surface area contributed by atoms with Crippen molar-refractivity contribution in [1.29, 1.82) is 0 Å². The maximum Gasteiger partial charge on any atom is 0.252 e. The highest BCUT2D eigenvalue weighted by Crippen LogP contribution is 2.30. The molecule has 1 saturated carbocycles. The van der Waals surface area contributed by atoms with Crippen LogP contribution in [0, 0.1) is 5.92 Å². The molecule has 0 aliphatic heterocycles. The van der Waals surface area contributed by atoms with E-state index in [-0.39, 0.29) is 5.91 Å². The number of benzene rings is 1. The van der Waals surface area contributed by atoms with Gasteiger partial charge in [-0.3, -0.25) is 4.79 Å². The predicted octanol–water partition coefficient (Wildman–Crippen LogP) is 4.08. The van der Waals surface area contributed by atoms with Crippen LogP contribution in [0.4, 0.5) is 5.69 Å². The number of halogens is 1. The molecule has 3 nitrogen and oxygen atoms in total. The van der Waals surface area contributed by atoms with E-state index in [2.05, 4.69) is 17.6 Å². The fraction of sp³-hybridized carbons (Fsp3) is 0.562. The molecule has 1 aromatic carbocycles. The van der Waals surface area contributed by atoms with Crippen LogP contribution in [-0.2, 0) is 0 Å². The van der Waals surface area contributed by atoms with E-state index in [0.717, 1.165) is 11.6 Å². The highest BCUT2D eigenvalue weighted by molar-refractivity contribution is 6.34. The number of anilines is 1. The summed E-state index contributed by atoms with van der Waals surface area (Å²) in [7, 11) is 1.62. The summed E-state index contributed by atoms with van der Waals surface area (Å²) in [4.78, 5) is 11.8. The summed E-state index contributed by atoms with van der Waals surface area (Å²) < 4.78 is 0. The van der Waals surface area contributed by atoms with Crippen molar-refractivity contribution in [1.82, 2.24) is 5.32 Å². The van der Waals surface area contributed by atoms with E-state index in [9.17, 15) is 4.79 Å². The number of nitrogens with one attached hydrogen (secondary N) is 2. The maximum absolute atomic E-state index is 11.8. The van der Waals surface area contributed by atoms with E-state index in [0.29, 0.717) is 16.6 Å². The first-order valence-corrected chi connectivity index (χ1v) is 7.81. The fourth-order valence-corrected chi connectivity index (χ4v) is 3.23. The third kappa shape index (κ3) is 3.45. The summed E-state index contributed by atoms with van der Waals surface area (Å²) in [5.41, 5.74) is 1.52. The van der Waals surface area contributed by atoms with E-state index in [1.165, 1.54) is 32.1 Å². The van der Waals surface area contributed by atoms with Crippen molar-refractivity contribution in [3.05, 3.63) is 28.8 Å². The molecule has 2 atom stereocenters. The number of carbonyl (C=O) groups is 1. The number of hydrogen-bond donors (Lipinski definition) is 2. The van der Waals surface area contributed by atoms with Crippen molar-refractivity contribution in [2.75, 3.05) is 12.4 Å². The van der Waals surface area contributed by atoms with Crippen LogP contribution in [0.1, 0.15) is 49.4 Å². The zero-order chi connectivity index (χ0) is 14.5. The Labute approximate surface area is 126 Å². The minimum atomic E-state index is -0.144. The molecule has 0 spiro atoms. The number of hydrogen-bond acceptors (Lipinski definition) is 2. The lowest BCUT2D eigenvalue weighted by Crippen LogP contribution is -2.31. The monoisotopic (exact) mass is 294 g/mol. The van der Waals surface area contributed by atoms with Crippen LogP contribution >= 0.6 is 11.6 Å².